The normalized spacial score (nSPS) is 33.6. The average Bonchev–Trinajstić information content (AvgIpc) is 3.09. The van der Waals surface area contributed by atoms with Crippen LogP contribution in [-0.4, -0.2) is 11.4 Å². The number of halogens is 1. The second-order valence-electron chi connectivity index (χ2n) is 5.47. The summed E-state index contributed by atoms with van der Waals surface area (Å²) >= 11 is 5.98. The van der Waals surface area contributed by atoms with E-state index in [0.717, 1.165) is 24.9 Å². The van der Waals surface area contributed by atoms with Crippen LogP contribution in [0, 0.1) is 11.8 Å². The van der Waals surface area contributed by atoms with E-state index in [1.165, 1.54) is 6.42 Å². The molecule has 3 unspecified atom stereocenters. The molecule has 0 heterocycles. The lowest BCUT2D eigenvalue weighted by atomic mass is 9.80. The van der Waals surface area contributed by atoms with Gasteiger partial charge in [-0.1, -0.05) is 24.1 Å². The van der Waals surface area contributed by atoms with Crippen LogP contribution in [0.2, 0.25) is 5.02 Å². The summed E-state index contributed by atoms with van der Waals surface area (Å²) < 4.78 is 0. The van der Waals surface area contributed by atoms with Crippen LogP contribution in [0.3, 0.4) is 0 Å². The fourth-order valence-corrected chi connectivity index (χ4v) is 3.54. The molecule has 0 radical (unpaired) electrons. The molecule has 2 saturated carbocycles. The van der Waals surface area contributed by atoms with Crippen molar-refractivity contribution in [2.45, 2.75) is 31.2 Å². The van der Waals surface area contributed by atoms with Gasteiger partial charge >= 0.3 is 0 Å². The molecule has 0 saturated heterocycles. The largest absolute Gasteiger partial charge is 0.371 e. The number of amides is 1. The lowest BCUT2D eigenvalue weighted by molar-refractivity contribution is -0.123. The monoisotopic (exact) mass is 264 g/mol. The molecule has 96 valence electrons. The second-order valence-corrected chi connectivity index (χ2v) is 5.90. The van der Waals surface area contributed by atoms with Gasteiger partial charge in [-0.2, -0.15) is 0 Å². The zero-order valence-corrected chi connectivity index (χ0v) is 10.9. The summed E-state index contributed by atoms with van der Waals surface area (Å²) in [6.45, 7) is 0. The molecule has 0 bridgehead atoms. The molecule has 18 heavy (non-hydrogen) atoms. The summed E-state index contributed by atoms with van der Waals surface area (Å²) in [6.07, 6.45) is 4.25. The van der Waals surface area contributed by atoms with Crippen molar-refractivity contribution in [3.8, 4) is 0 Å². The Labute approximate surface area is 112 Å². The smallest absolute Gasteiger partial charge is 0.243 e. The van der Waals surface area contributed by atoms with E-state index in [9.17, 15) is 4.79 Å². The lowest BCUT2D eigenvalue weighted by Crippen LogP contribution is -2.54. The van der Waals surface area contributed by atoms with Gasteiger partial charge in [-0.25, -0.2) is 0 Å². The van der Waals surface area contributed by atoms with Gasteiger partial charge in [0.25, 0.3) is 0 Å². The average molecular weight is 265 g/mol. The topological polar surface area (TPSA) is 55.1 Å². The Morgan fingerprint density at radius 1 is 1.50 bits per heavy atom. The van der Waals surface area contributed by atoms with Crippen LogP contribution in [-0.2, 0) is 4.79 Å². The number of primary amides is 1. The second kappa shape index (κ2) is 4.16. The number of benzene rings is 1. The van der Waals surface area contributed by atoms with Crippen LogP contribution in [0.15, 0.2) is 24.3 Å². The summed E-state index contributed by atoms with van der Waals surface area (Å²) in [7, 11) is 0. The summed E-state index contributed by atoms with van der Waals surface area (Å²) in [5.74, 6) is 0.857. The van der Waals surface area contributed by atoms with Crippen molar-refractivity contribution < 1.29 is 4.79 Å². The first-order valence-corrected chi connectivity index (χ1v) is 6.83. The van der Waals surface area contributed by atoms with Gasteiger partial charge in [0.1, 0.15) is 5.54 Å². The predicted molar refractivity (Wildman–Crippen MR) is 72.4 cm³/mol. The molecule has 0 aromatic heterocycles. The molecular weight excluding hydrogens is 248 g/mol. The van der Waals surface area contributed by atoms with Crippen LogP contribution < -0.4 is 11.1 Å². The van der Waals surface area contributed by atoms with Crippen molar-refractivity contribution in [2.75, 3.05) is 5.32 Å². The maximum absolute atomic E-state index is 11.9. The minimum absolute atomic E-state index is 0.227. The molecule has 1 aromatic rings. The van der Waals surface area contributed by atoms with Crippen molar-refractivity contribution >= 4 is 23.2 Å². The van der Waals surface area contributed by atoms with Gasteiger partial charge in [-0.05, 0) is 49.3 Å². The standard InChI is InChI=1S/C14H17ClN2O/c15-10-4-1-5-11(8-10)17-14(13(16)18)6-2-3-9-7-12(9)14/h1,4-5,8-9,12,17H,2-3,6-7H2,(H2,16,18). The van der Waals surface area contributed by atoms with Crippen LogP contribution in [0.1, 0.15) is 25.7 Å². The highest BCUT2D eigenvalue weighted by Crippen LogP contribution is 2.55. The molecule has 3 nitrogen and oxygen atoms in total. The van der Waals surface area contributed by atoms with Crippen molar-refractivity contribution in [3.05, 3.63) is 29.3 Å². The van der Waals surface area contributed by atoms with Crippen molar-refractivity contribution in [1.29, 1.82) is 0 Å². The molecule has 4 heteroatoms. The van der Waals surface area contributed by atoms with Crippen LogP contribution >= 0.6 is 11.6 Å². The number of carbonyl (C=O) groups excluding carboxylic acids is 1. The number of nitrogens with two attached hydrogens (primary N) is 1. The predicted octanol–water partition coefficient (Wildman–Crippen LogP) is 2.80. The van der Waals surface area contributed by atoms with Gasteiger partial charge in [0.15, 0.2) is 0 Å². The summed E-state index contributed by atoms with van der Waals surface area (Å²) in [5.41, 5.74) is 5.99. The zero-order valence-electron chi connectivity index (χ0n) is 10.2. The first-order chi connectivity index (χ1) is 8.62. The third-order valence-electron chi connectivity index (χ3n) is 4.33. The minimum Gasteiger partial charge on any atom is -0.371 e. The van der Waals surface area contributed by atoms with Crippen molar-refractivity contribution in [3.63, 3.8) is 0 Å². The first kappa shape index (κ1) is 11.8. The SMILES string of the molecule is NC(=O)C1(Nc2cccc(Cl)c2)CCCC2CC21. The van der Waals surface area contributed by atoms with Crippen molar-refractivity contribution in [1.82, 2.24) is 0 Å². The molecule has 0 aliphatic heterocycles. The fourth-order valence-electron chi connectivity index (χ4n) is 3.35. The van der Waals surface area contributed by atoms with Gasteiger partial charge in [0.2, 0.25) is 5.91 Å². The van der Waals surface area contributed by atoms with Crippen LogP contribution in [0.5, 0.6) is 0 Å². The Morgan fingerprint density at radius 3 is 3.06 bits per heavy atom. The minimum atomic E-state index is -0.562. The van der Waals surface area contributed by atoms with E-state index in [1.54, 1.807) is 0 Å². The number of anilines is 1. The Bertz CT molecular complexity index is 490. The van der Waals surface area contributed by atoms with E-state index in [0.29, 0.717) is 16.9 Å². The van der Waals surface area contributed by atoms with Gasteiger partial charge in [0.05, 0.1) is 0 Å². The molecule has 1 aromatic carbocycles. The molecule has 2 fully saturated rings. The Kier molecular flexibility index (Phi) is 2.74. The number of carbonyl (C=O) groups is 1. The van der Waals surface area contributed by atoms with Crippen molar-refractivity contribution in [2.24, 2.45) is 17.6 Å². The van der Waals surface area contributed by atoms with Gasteiger partial charge in [0, 0.05) is 10.7 Å². The highest BCUT2D eigenvalue weighted by molar-refractivity contribution is 6.30. The highest BCUT2D eigenvalue weighted by Gasteiger charge is 2.58. The van der Waals surface area contributed by atoms with Crippen LogP contribution in [0.4, 0.5) is 5.69 Å². The molecule has 1 amide bonds. The number of rotatable bonds is 3. The molecule has 0 spiro atoms. The third kappa shape index (κ3) is 1.87. The summed E-state index contributed by atoms with van der Waals surface area (Å²) in [4.78, 5) is 11.9. The highest BCUT2D eigenvalue weighted by atomic mass is 35.5. The molecule has 3 rings (SSSR count). The van der Waals surface area contributed by atoms with E-state index in [4.69, 9.17) is 17.3 Å². The molecular formula is C14H17ClN2O. The number of hydrogen-bond acceptors (Lipinski definition) is 2. The lowest BCUT2D eigenvalue weighted by Gasteiger charge is -2.36. The van der Waals surface area contributed by atoms with Gasteiger partial charge < -0.3 is 11.1 Å². The molecule has 2 aliphatic rings. The zero-order chi connectivity index (χ0) is 12.8. The Hall–Kier alpha value is -1.22. The number of hydrogen-bond donors (Lipinski definition) is 2. The van der Waals surface area contributed by atoms with E-state index < -0.39 is 5.54 Å². The summed E-state index contributed by atoms with van der Waals surface area (Å²) in [5, 5.41) is 4.04. The maximum atomic E-state index is 11.9. The third-order valence-corrected chi connectivity index (χ3v) is 4.57. The Balaban J connectivity index is 1.89. The number of fused-ring (bicyclic) bond motifs is 1. The quantitative estimate of drug-likeness (QED) is 0.882. The van der Waals surface area contributed by atoms with Gasteiger partial charge in [-0.3, -0.25) is 4.79 Å². The van der Waals surface area contributed by atoms with Gasteiger partial charge in [-0.15, -0.1) is 0 Å². The van der Waals surface area contributed by atoms with Crippen LogP contribution in [0.25, 0.3) is 0 Å². The summed E-state index contributed by atoms with van der Waals surface area (Å²) in [6, 6.07) is 7.48. The van der Waals surface area contributed by atoms with E-state index >= 15 is 0 Å². The molecule has 2 aliphatic carbocycles. The maximum Gasteiger partial charge on any atom is 0.243 e. The first-order valence-electron chi connectivity index (χ1n) is 6.45. The molecule has 3 atom stereocenters. The molecule has 3 N–H and O–H groups in total. The number of nitrogens with one attached hydrogen (secondary N) is 1. The Morgan fingerprint density at radius 2 is 2.33 bits per heavy atom. The van der Waals surface area contributed by atoms with E-state index in [1.807, 2.05) is 24.3 Å². The van der Waals surface area contributed by atoms with E-state index in [2.05, 4.69) is 5.32 Å². The fraction of sp³-hybridized carbons (Fsp3) is 0.500. The van der Waals surface area contributed by atoms with E-state index in [-0.39, 0.29) is 5.91 Å².